The summed E-state index contributed by atoms with van der Waals surface area (Å²) in [6, 6.07) is 5.68. The van der Waals surface area contributed by atoms with Crippen LogP contribution in [0.3, 0.4) is 0 Å². The minimum Gasteiger partial charge on any atom is -0.507 e. The third kappa shape index (κ3) is 3.32. The van der Waals surface area contributed by atoms with Gasteiger partial charge in [0, 0.05) is 31.4 Å². The first kappa shape index (κ1) is 18.0. The molecule has 3 heterocycles. The number of sulfone groups is 1. The molecule has 2 saturated heterocycles. The summed E-state index contributed by atoms with van der Waals surface area (Å²) in [5.41, 5.74) is 2.05. The summed E-state index contributed by atoms with van der Waals surface area (Å²) in [7, 11) is -3.24. The lowest BCUT2D eigenvalue weighted by atomic mass is 10.0. The number of benzene rings is 1. The van der Waals surface area contributed by atoms with Crippen molar-refractivity contribution in [2.75, 3.05) is 24.6 Å². The Morgan fingerprint density at radius 1 is 1.26 bits per heavy atom. The quantitative estimate of drug-likeness (QED) is 0.793. The second-order valence-corrected chi connectivity index (χ2v) is 9.33. The van der Waals surface area contributed by atoms with Crippen LogP contribution in [0.1, 0.15) is 21.7 Å². The van der Waals surface area contributed by atoms with Crippen LogP contribution in [0.15, 0.2) is 30.6 Å². The van der Waals surface area contributed by atoms with E-state index in [1.165, 1.54) is 6.07 Å². The van der Waals surface area contributed by atoms with Crippen molar-refractivity contribution in [1.29, 1.82) is 0 Å². The molecule has 0 unspecified atom stereocenters. The van der Waals surface area contributed by atoms with Crippen LogP contribution in [0.4, 0.5) is 0 Å². The van der Waals surface area contributed by atoms with Crippen molar-refractivity contribution in [1.82, 2.24) is 19.8 Å². The number of phenolic OH excluding ortho intramolecular Hbond substituents is 1. The van der Waals surface area contributed by atoms with Crippen molar-refractivity contribution in [3.8, 4) is 5.75 Å². The third-order valence-electron chi connectivity index (χ3n) is 5.47. The molecule has 27 heavy (non-hydrogen) atoms. The van der Waals surface area contributed by atoms with Crippen LogP contribution in [-0.2, 0) is 16.4 Å². The Morgan fingerprint density at radius 3 is 2.70 bits per heavy atom. The van der Waals surface area contributed by atoms with E-state index in [2.05, 4.69) is 14.9 Å². The molecule has 2 aliphatic heterocycles. The molecule has 4 rings (SSSR count). The van der Waals surface area contributed by atoms with Crippen molar-refractivity contribution in [3.63, 3.8) is 0 Å². The van der Waals surface area contributed by atoms with Gasteiger partial charge in [0.2, 0.25) is 0 Å². The number of aromatic nitrogens is 2. The third-order valence-corrected chi connectivity index (χ3v) is 7.17. The fourth-order valence-corrected chi connectivity index (χ4v) is 6.03. The fraction of sp³-hybridized carbons (Fsp3) is 0.444. The van der Waals surface area contributed by atoms with E-state index in [9.17, 15) is 18.3 Å². The molecule has 2 atom stereocenters. The first-order chi connectivity index (χ1) is 12.9. The molecule has 8 nitrogen and oxygen atoms in total. The van der Waals surface area contributed by atoms with E-state index >= 15 is 0 Å². The second kappa shape index (κ2) is 6.65. The van der Waals surface area contributed by atoms with E-state index in [1.807, 2.05) is 6.92 Å². The number of aryl methyl sites for hydroxylation is 1. The molecule has 0 spiro atoms. The Hall–Kier alpha value is -2.39. The zero-order valence-electron chi connectivity index (χ0n) is 15.0. The van der Waals surface area contributed by atoms with Gasteiger partial charge in [-0.05, 0) is 19.1 Å². The van der Waals surface area contributed by atoms with E-state index in [4.69, 9.17) is 0 Å². The highest BCUT2D eigenvalue weighted by Crippen LogP contribution is 2.30. The topological polar surface area (TPSA) is 107 Å². The van der Waals surface area contributed by atoms with Crippen molar-refractivity contribution in [2.45, 2.75) is 25.6 Å². The minimum absolute atomic E-state index is 0.0334. The summed E-state index contributed by atoms with van der Waals surface area (Å²) in [5, 5.41) is 10.0. The maximum Gasteiger partial charge on any atom is 0.257 e. The summed E-state index contributed by atoms with van der Waals surface area (Å²) >= 11 is 0. The number of amides is 1. The number of rotatable bonds is 3. The number of nitrogens with one attached hydrogen (secondary N) is 1. The number of phenols is 1. The van der Waals surface area contributed by atoms with Gasteiger partial charge in [0.15, 0.2) is 9.84 Å². The molecule has 1 amide bonds. The van der Waals surface area contributed by atoms with Crippen LogP contribution in [0.5, 0.6) is 5.75 Å². The highest BCUT2D eigenvalue weighted by atomic mass is 32.2. The predicted octanol–water partition coefficient (Wildman–Crippen LogP) is 0.547. The number of fused-ring (bicyclic) bond motifs is 1. The molecule has 1 aromatic heterocycles. The lowest BCUT2D eigenvalue weighted by molar-refractivity contribution is 0.0300. The molecule has 2 fully saturated rings. The van der Waals surface area contributed by atoms with Crippen molar-refractivity contribution in [3.05, 3.63) is 47.5 Å². The zero-order valence-corrected chi connectivity index (χ0v) is 15.8. The average molecular weight is 390 g/mol. The van der Waals surface area contributed by atoms with Gasteiger partial charge in [-0.25, -0.2) is 13.4 Å². The van der Waals surface area contributed by atoms with Gasteiger partial charge in [0.1, 0.15) is 5.75 Å². The average Bonchev–Trinajstić information content (AvgIpc) is 3.17. The number of para-hydroxylation sites is 1. The van der Waals surface area contributed by atoms with Crippen LogP contribution in [0, 0.1) is 6.92 Å². The highest BCUT2D eigenvalue weighted by Gasteiger charge is 2.48. The Balaban J connectivity index is 1.61. The molecule has 0 saturated carbocycles. The number of piperazine rings is 1. The smallest absolute Gasteiger partial charge is 0.257 e. The number of imidazole rings is 1. The normalized spacial score (nSPS) is 24.7. The number of aromatic amines is 1. The summed E-state index contributed by atoms with van der Waals surface area (Å²) in [4.78, 5) is 24.1. The molecule has 2 aliphatic rings. The molecular formula is C18H22N4O4S. The molecule has 0 bridgehead atoms. The molecular weight excluding hydrogens is 368 g/mol. The Morgan fingerprint density at radius 2 is 2.00 bits per heavy atom. The van der Waals surface area contributed by atoms with E-state index < -0.39 is 15.9 Å². The lowest BCUT2D eigenvalue weighted by Crippen LogP contribution is -2.60. The van der Waals surface area contributed by atoms with Crippen LogP contribution in [-0.4, -0.2) is 75.9 Å². The van der Waals surface area contributed by atoms with Gasteiger partial charge >= 0.3 is 0 Å². The van der Waals surface area contributed by atoms with Crippen LogP contribution < -0.4 is 0 Å². The van der Waals surface area contributed by atoms with Crippen LogP contribution in [0.25, 0.3) is 0 Å². The number of H-pyrrole nitrogens is 1. The van der Waals surface area contributed by atoms with Gasteiger partial charge in [-0.3, -0.25) is 9.69 Å². The molecule has 2 N–H and O–H groups in total. The number of hydrogen-bond donors (Lipinski definition) is 2. The first-order valence-corrected chi connectivity index (χ1v) is 10.7. The van der Waals surface area contributed by atoms with E-state index in [0.29, 0.717) is 19.6 Å². The van der Waals surface area contributed by atoms with Crippen molar-refractivity contribution >= 4 is 15.7 Å². The van der Waals surface area contributed by atoms with E-state index in [0.717, 1.165) is 11.4 Å². The monoisotopic (exact) mass is 390 g/mol. The van der Waals surface area contributed by atoms with Crippen LogP contribution >= 0.6 is 0 Å². The van der Waals surface area contributed by atoms with E-state index in [1.54, 1.807) is 29.4 Å². The van der Waals surface area contributed by atoms with Gasteiger partial charge in [0.25, 0.3) is 5.91 Å². The standard InChI is InChI=1S/C18H22N4O4S/c1-12-14(20-11-19-12)8-21-6-7-22(16-10-27(25,26)9-15(16)21)18(24)13-4-2-3-5-17(13)23/h2-5,11,15-16,23H,6-10H2,1H3,(H,19,20)/t15-,16+/m1/s1. The maximum atomic E-state index is 13.0. The van der Waals surface area contributed by atoms with Gasteiger partial charge < -0.3 is 15.0 Å². The largest absolute Gasteiger partial charge is 0.507 e. The summed E-state index contributed by atoms with van der Waals surface area (Å²) in [5.74, 6) is -0.427. The number of carbonyl (C=O) groups excluding carboxylic acids is 1. The summed E-state index contributed by atoms with van der Waals surface area (Å²) in [6.07, 6.45) is 1.63. The Kier molecular flexibility index (Phi) is 4.43. The van der Waals surface area contributed by atoms with Gasteiger partial charge in [-0.2, -0.15) is 0 Å². The first-order valence-electron chi connectivity index (χ1n) is 8.88. The number of hydrogen-bond acceptors (Lipinski definition) is 6. The molecule has 0 aliphatic carbocycles. The van der Waals surface area contributed by atoms with Crippen LogP contribution in [0.2, 0.25) is 0 Å². The summed E-state index contributed by atoms with van der Waals surface area (Å²) < 4.78 is 24.7. The molecule has 0 radical (unpaired) electrons. The number of carbonyl (C=O) groups is 1. The number of aromatic hydroxyl groups is 1. The van der Waals surface area contributed by atoms with Gasteiger partial charge in [-0.15, -0.1) is 0 Å². The molecule has 1 aromatic carbocycles. The molecule has 144 valence electrons. The lowest BCUT2D eigenvalue weighted by Gasteiger charge is -2.43. The minimum atomic E-state index is -3.24. The second-order valence-electron chi connectivity index (χ2n) is 7.17. The van der Waals surface area contributed by atoms with Crippen molar-refractivity contribution < 1.29 is 18.3 Å². The SMILES string of the molecule is Cc1[nH]cnc1CN1CCN(C(=O)c2ccccc2O)[C@H]2CS(=O)(=O)C[C@H]21. The van der Waals surface area contributed by atoms with Crippen molar-refractivity contribution in [2.24, 2.45) is 0 Å². The fourth-order valence-electron chi connectivity index (χ4n) is 4.02. The highest BCUT2D eigenvalue weighted by molar-refractivity contribution is 7.91. The Bertz CT molecular complexity index is 971. The van der Waals surface area contributed by atoms with E-state index in [-0.39, 0.29) is 34.8 Å². The zero-order chi connectivity index (χ0) is 19.2. The van der Waals surface area contributed by atoms with Gasteiger partial charge in [0.05, 0.1) is 35.1 Å². The predicted molar refractivity (Wildman–Crippen MR) is 99.1 cm³/mol. The summed E-state index contributed by atoms with van der Waals surface area (Å²) in [6.45, 7) is 3.45. The maximum absolute atomic E-state index is 13.0. The Labute approximate surface area is 157 Å². The number of nitrogens with zero attached hydrogens (tertiary/aromatic N) is 3. The molecule has 9 heteroatoms. The van der Waals surface area contributed by atoms with Gasteiger partial charge in [-0.1, -0.05) is 12.1 Å². The molecule has 2 aromatic rings.